The quantitative estimate of drug-likeness (QED) is 0.800. The van der Waals surface area contributed by atoms with Crippen molar-refractivity contribution in [2.45, 2.75) is 45.1 Å². The van der Waals surface area contributed by atoms with Crippen LogP contribution in [0.4, 0.5) is 0 Å². The second-order valence-electron chi connectivity index (χ2n) is 6.70. The van der Waals surface area contributed by atoms with Gasteiger partial charge in [0.15, 0.2) is 11.5 Å². The third-order valence-corrected chi connectivity index (χ3v) is 4.75. The molecule has 2 aromatic heterocycles. The number of nitrogens with two attached hydrogens (primary N) is 1. The van der Waals surface area contributed by atoms with Gasteiger partial charge in [-0.3, -0.25) is 0 Å². The first-order valence-corrected chi connectivity index (χ1v) is 8.32. The lowest BCUT2D eigenvalue weighted by molar-refractivity contribution is 0.372. The summed E-state index contributed by atoms with van der Waals surface area (Å²) in [4.78, 5) is 4.52. The van der Waals surface area contributed by atoms with E-state index in [9.17, 15) is 0 Å². The van der Waals surface area contributed by atoms with Gasteiger partial charge in [0.2, 0.25) is 0 Å². The summed E-state index contributed by atoms with van der Waals surface area (Å²) in [5, 5.41) is 8.73. The third-order valence-electron chi connectivity index (χ3n) is 4.75. The molecule has 0 amide bonds. The summed E-state index contributed by atoms with van der Waals surface area (Å²) in [5.74, 6) is 1.02. The second kappa shape index (κ2) is 5.56. The van der Waals surface area contributed by atoms with Crippen molar-refractivity contribution in [2.75, 3.05) is 0 Å². The maximum Gasteiger partial charge on any atom is 0.278 e. The van der Waals surface area contributed by atoms with Gasteiger partial charge in [-0.2, -0.15) is 10.1 Å². The number of aryl methyl sites for hydroxylation is 2. The lowest BCUT2D eigenvalue weighted by atomic mass is 9.99. The van der Waals surface area contributed by atoms with Crippen LogP contribution in [-0.4, -0.2) is 19.9 Å². The fourth-order valence-corrected chi connectivity index (χ4v) is 3.29. The van der Waals surface area contributed by atoms with Gasteiger partial charge in [-0.1, -0.05) is 35.7 Å². The molecule has 0 unspecified atom stereocenters. The van der Waals surface area contributed by atoms with Crippen LogP contribution in [0.1, 0.15) is 42.8 Å². The van der Waals surface area contributed by atoms with Crippen LogP contribution in [-0.2, 0) is 5.54 Å². The van der Waals surface area contributed by atoms with Crippen molar-refractivity contribution < 1.29 is 4.52 Å². The molecule has 0 aliphatic heterocycles. The fourth-order valence-electron chi connectivity index (χ4n) is 3.29. The van der Waals surface area contributed by atoms with Crippen LogP contribution >= 0.6 is 0 Å². The molecule has 0 bridgehead atoms. The summed E-state index contributed by atoms with van der Waals surface area (Å²) < 4.78 is 7.32. The zero-order chi connectivity index (χ0) is 16.7. The number of hydrogen-bond donors (Lipinski definition) is 1. The van der Waals surface area contributed by atoms with E-state index in [4.69, 9.17) is 10.3 Å². The first kappa shape index (κ1) is 15.1. The van der Waals surface area contributed by atoms with Gasteiger partial charge in [0, 0.05) is 5.69 Å². The lowest BCUT2D eigenvalue weighted by Gasteiger charge is -2.17. The van der Waals surface area contributed by atoms with Crippen LogP contribution in [0.15, 0.2) is 34.9 Å². The minimum atomic E-state index is -0.448. The number of rotatable bonds is 3. The molecule has 1 aliphatic rings. The van der Waals surface area contributed by atoms with E-state index in [1.807, 2.05) is 29.8 Å². The summed E-state index contributed by atoms with van der Waals surface area (Å²) in [6.45, 7) is 4.08. The summed E-state index contributed by atoms with van der Waals surface area (Å²) in [7, 11) is 0. The summed E-state index contributed by atoms with van der Waals surface area (Å²) in [6.07, 6.45) is 4.04. The van der Waals surface area contributed by atoms with Crippen LogP contribution in [0.5, 0.6) is 0 Å². The number of benzene rings is 1. The van der Waals surface area contributed by atoms with E-state index < -0.39 is 5.54 Å². The molecule has 124 valence electrons. The molecule has 2 heterocycles. The first-order valence-electron chi connectivity index (χ1n) is 8.32. The normalized spacial score (nSPS) is 16.6. The highest BCUT2D eigenvalue weighted by atomic mass is 16.5. The molecule has 1 aromatic carbocycles. The fraction of sp³-hybridized carbons (Fsp3) is 0.389. The minimum absolute atomic E-state index is 0.427. The monoisotopic (exact) mass is 323 g/mol. The van der Waals surface area contributed by atoms with Crippen molar-refractivity contribution in [3.63, 3.8) is 0 Å². The zero-order valence-corrected chi connectivity index (χ0v) is 14.0. The van der Waals surface area contributed by atoms with E-state index in [2.05, 4.69) is 34.3 Å². The zero-order valence-electron chi connectivity index (χ0n) is 14.0. The van der Waals surface area contributed by atoms with Gasteiger partial charge < -0.3 is 10.3 Å². The van der Waals surface area contributed by atoms with Crippen LogP contribution < -0.4 is 5.73 Å². The molecule has 6 heteroatoms. The Kier molecular flexibility index (Phi) is 3.49. The lowest BCUT2D eigenvalue weighted by Crippen LogP contribution is -2.34. The summed E-state index contributed by atoms with van der Waals surface area (Å²) in [5.41, 5.74) is 9.87. The Morgan fingerprint density at radius 2 is 1.83 bits per heavy atom. The minimum Gasteiger partial charge on any atom is -0.332 e. The predicted molar refractivity (Wildman–Crippen MR) is 90.7 cm³/mol. The van der Waals surface area contributed by atoms with Crippen molar-refractivity contribution in [3.05, 3.63) is 47.4 Å². The Labute approximate surface area is 140 Å². The van der Waals surface area contributed by atoms with Crippen LogP contribution in [0.2, 0.25) is 0 Å². The highest BCUT2D eigenvalue weighted by Crippen LogP contribution is 2.35. The van der Waals surface area contributed by atoms with Gasteiger partial charge in [-0.25, -0.2) is 4.68 Å². The smallest absolute Gasteiger partial charge is 0.278 e. The Hall–Kier alpha value is -2.47. The van der Waals surface area contributed by atoms with Gasteiger partial charge in [0.05, 0.1) is 11.2 Å². The predicted octanol–water partition coefficient (Wildman–Crippen LogP) is 3.27. The van der Waals surface area contributed by atoms with Crippen LogP contribution in [0.3, 0.4) is 0 Å². The molecule has 0 saturated heterocycles. The first-order chi connectivity index (χ1) is 11.5. The van der Waals surface area contributed by atoms with Crippen molar-refractivity contribution in [1.29, 1.82) is 0 Å². The molecule has 0 radical (unpaired) electrons. The van der Waals surface area contributed by atoms with Crippen molar-refractivity contribution in [1.82, 2.24) is 19.9 Å². The van der Waals surface area contributed by atoms with Gasteiger partial charge in [0.1, 0.15) is 0 Å². The van der Waals surface area contributed by atoms with Crippen LogP contribution in [0.25, 0.3) is 17.3 Å². The number of aromatic nitrogens is 4. The molecule has 2 N–H and O–H groups in total. The Balaban J connectivity index is 1.67. The summed E-state index contributed by atoms with van der Waals surface area (Å²) in [6, 6.07) is 10.2. The molecule has 6 nitrogen and oxygen atoms in total. The highest BCUT2D eigenvalue weighted by Gasteiger charge is 2.36. The topological polar surface area (TPSA) is 82.8 Å². The molecule has 0 spiro atoms. The molecule has 1 fully saturated rings. The molecule has 0 atom stereocenters. The largest absolute Gasteiger partial charge is 0.332 e. The van der Waals surface area contributed by atoms with E-state index in [0.717, 1.165) is 37.1 Å². The van der Waals surface area contributed by atoms with Gasteiger partial charge in [-0.15, -0.1) is 0 Å². The number of hydrogen-bond acceptors (Lipinski definition) is 5. The van der Waals surface area contributed by atoms with E-state index in [1.165, 1.54) is 5.56 Å². The third kappa shape index (κ3) is 2.53. The van der Waals surface area contributed by atoms with Crippen molar-refractivity contribution in [3.8, 4) is 17.3 Å². The average molecular weight is 323 g/mol. The molecular formula is C18H21N5O. The molecule has 1 aliphatic carbocycles. The van der Waals surface area contributed by atoms with E-state index >= 15 is 0 Å². The van der Waals surface area contributed by atoms with Gasteiger partial charge in [0.25, 0.3) is 5.89 Å². The summed E-state index contributed by atoms with van der Waals surface area (Å²) >= 11 is 0. The maximum absolute atomic E-state index is 6.40. The SMILES string of the molecule is Cc1ccc(-n2nc(-c3nc(C4(N)CCCC4)no3)cc2C)cc1. The van der Waals surface area contributed by atoms with Crippen molar-refractivity contribution in [2.24, 2.45) is 5.73 Å². The standard InChI is InChI=1S/C18H21N5O/c1-12-5-7-14(8-6-12)23-13(2)11-15(21-23)16-20-17(22-24-16)18(19)9-3-4-10-18/h5-8,11H,3-4,9-10,19H2,1-2H3. The van der Waals surface area contributed by atoms with E-state index in [-0.39, 0.29) is 0 Å². The second-order valence-corrected chi connectivity index (χ2v) is 6.70. The van der Waals surface area contributed by atoms with Crippen LogP contribution in [0, 0.1) is 13.8 Å². The maximum atomic E-state index is 6.40. The van der Waals surface area contributed by atoms with E-state index in [1.54, 1.807) is 0 Å². The van der Waals surface area contributed by atoms with Gasteiger partial charge >= 0.3 is 0 Å². The van der Waals surface area contributed by atoms with E-state index in [0.29, 0.717) is 17.4 Å². The Bertz CT molecular complexity index is 856. The average Bonchev–Trinajstić information content (AvgIpc) is 3.28. The number of nitrogens with zero attached hydrogens (tertiary/aromatic N) is 4. The molecular weight excluding hydrogens is 302 g/mol. The molecule has 3 aromatic rings. The van der Waals surface area contributed by atoms with Gasteiger partial charge in [-0.05, 0) is 44.9 Å². The molecule has 1 saturated carbocycles. The Morgan fingerprint density at radius 3 is 2.54 bits per heavy atom. The highest BCUT2D eigenvalue weighted by molar-refractivity contribution is 5.49. The molecule has 4 rings (SSSR count). The molecule has 24 heavy (non-hydrogen) atoms. The Morgan fingerprint density at radius 1 is 1.12 bits per heavy atom. The van der Waals surface area contributed by atoms with Crippen molar-refractivity contribution >= 4 is 0 Å².